The van der Waals surface area contributed by atoms with Crippen LogP contribution in [0.15, 0.2) is 30.3 Å². The molecule has 0 saturated carbocycles. The molecule has 0 saturated heterocycles. The lowest BCUT2D eigenvalue weighted by molar-refractivity contribution is 0.622. The first kappa shape index (κ1) is 18.2. The molecule has 0 amide bonds. The number of allylic oxidation sites excluding steroid dienone is 1. The van der Waals surface area contributed by atoms with Gasteiger partial charge in [-0.05, 0) is 64.1 Å². The summed E-state index contributed by atoms with van der Waals surface area (Å²) in [4.78, 5) is 12.7. The molecule has 0 aliphatic carbocycles. The number of imidazole rings is 1. The van der Waals surface area contributed by atoms with E-state index < -0.39 is 26.5 Å². The second-order valence-corrected chi connectivity index (χ2v) is 8.37. The smallest absolute Gasteiger partial charge is 0.240 e. The molecule has 1 aliphatic heterocycles. The number of benzene rings is 1. The van der Waals surface area contributed by atoms with Crippen molar-refractivity contribution in [1.82, 2.24) is 19.5 Å². The average molecular weight is 491 g/mol. The summed E-state index contributed by atoms with van der Waals surface area (Å²) in [6.45, 7) is 1.74. The van der Waals surface area contributed by atoms with Crippen LogP contribution in [0.4, 0.5) is 26.1 Å². The number of fused-ring (bicyclic) bond motifs is 1. The molecule has 3 N–H and O–H groups in total. The van der Waals surface area contributed by atoms with Gasteiger partial charge < -0.3 is 11.1 Å². The summed E-state index contributed by atoms with van der Waals surface area (Å²) in [6, 6.07) is 8.45. The number of nitrogens with two attached hydrogens (primary N) is 1. The summed E-state index contributed by atoms with van der Waals surface area (Å²) >= 11 is -1.08. The first-order valence-electron chi connectivity index (χ1n) is 8.01. The molecule has 0 spiro atoms. The SMILES string of the molecule is Cc1nc2c(n1-c1nc(N)c(F)c(Nc3ccc(C#N)cc3)n1)I=C(F)C=C2. The van der Waals surface area contributed by atoms with E-state index in [0.717, 1.165) is 0 Å². The van der Waals surface area contributed by atoms with Gasteiger partial charge in [-0.25, -0.2) is 9.37 Å². The van der Waals surface area contributed by atoms with E-state index in [-0.39, 0.29) is 21.3 Å². The van der Waals surface area contributed by atoms with Gasteiger partial charge in [-0.1, -0.05) is 0 Å². The molecule has 0 fully saturated rings. The van der Waals surface area contributed by atoms with Crippen LogP contribution >= 0.6 is 20.7 Å². The maximum absolute atomic E-state index is 14.5. The Balaban J connectivity index is 1.80. The molecule has 2 aromatic heterocycles. The predicted molar refractivity (Wildman–Crippen MR) is 111 cm³/mol. The molecule has 28 heavy (non-hydrogen) atoms. The summed E-state index contributed by atoms with van der Waals surface area (Å²) < 4.78 is 30.4. The van der Waals surface area contributed by atoms with E-state index in [9.17, 15) is 8.78 Å². The molecule has 0 unspecified atom stereocenters. The molecule has 3 aromatic rings. The zero-order valence-electron chi connectivity index (χ0n) is 14.4. The number of anilines is 3. The molecule has 10 heteroatoms. The van der Waals surface area contributed by atoms with Gasteiger partial charge in [-0.3, -0.25) is 4.57 Å². The maximum Gasteiger partial charge on any atom is 0.240 e. The first-order valence-corrected chi connectivity index (χ1v) is 10.2. The predicted octanol–water partition coefficient (Wildman–Crippen LogP) is 3.57. The molecule has 1 aromatic carbocycles. The van der Waals surface area contributed by atoms with Gasteiger partial charge in [0.1, 0.15) is 9.53 Å². The quantitative estimate of drug-likeness (QED) is 0.543. The Morgan fingerprint density at radius 2 is 1.89 bits per heavy atom. The van der Waals surface area contributed by atoms with Crippen LogP contribution in [0.2, 0.25) is 0 Å². The monoisotopic (exact) mass is 491 g/mol. The van der Waals surface area contributed by atoms with Crippen LogP contribution in [0.25, 0.3) is 12.0 Å². The van der Waals surface area contributed by atoms with Gasteiger partial charge >= 0.3 is 0 Å². The van der Waals surface area contributed by atoms with Crippen LogP contribution in [-0.2, 0) is 0 Å². The van der Waals surface area contributed by atoms with Crippen molar-refractivity contribution < 1.29 is 8.78 Å². The number of rotatable bonds is 3. The number of hydrogen-bond donors (Lipinski definition) is 2. The van der Waals surface area contributed by atoms with Crippen molar-refractivity contribution in [3.63, 3.8) is 0 Å². The van der Waals surface area contributed by atoms with E-state index in [1.807, 2.05) is 6.07 Å². The van der Waals surface area contributed by atoms with E-state index in [4.69, 9.17) is 11.0 Å². The third-order valence-corrected chi connectivity index (χ3v) is 6.32. The van der Waals surface area contributed by atoms with Crippen molar-refractivity contribution in [2.75, 3.05) is 11.1 Å². The Morgan fingerprint density at radius 1 is 1.14 bits per heavy atom. The van der Waals surface area contributed by atoms with Crippen molar-refractivity contribution in [1.29, 1.82) is 5.26 Å². The van der Waals surface area contributed by atoms with E-state index in [2.05, 4.69) is 20.3 Å². The molecule has 0 radical (unpaired) electrons. The highest BCUT2D eigenvalue weighted by Crippen LogP contribution is 2.30. The molecule has 0 atom stereocenters. The molecule has 4 rings (SSSR count). The van der Waals surface area contributed by atoms with Crippen LogP contribution in [0.3, 0.4) is 0 Å². The third-order valence-electron chi connectivity index (χ3n) is 3.90. The van der Waals surface area contributed by atoms with E-state index in [0.29, 0.717) is 26.5 Å². The molecular weight excluding hydrogens is 479 g/mol. The molecule has 1 aliphatic rings. The van der Waals surface area contributed by atoms with Gasteiger partial charge in [-0.2, -0.15) is 19.6 Å². The van der Waals surface area contributed by atoms with Gasteiger partial charge in [-0.15, -0.1) is 0 Å². The highest BCUT2D eigenvalue weighted by molar-refractivity contribution is 14.2. The minimum atomic E-state index is -1.08. The number of nitrogens with one attached hydrogen (secondary N) is 1. The summed E-state index contributed by atoms with van der Waals surface area (Å²) in [5, 5.41) is 11.7. The van der Waals surface area contributed by atoms with Crippen LogP contribution in [0, 0.1) is 27.8 Å². The molecule has 140 valence electrons. The standard InChI is InChI=1S/C18H12F2IN7/c1-9-24-12-6-7-13(19)21-15(12)28(9)18-26-16(23)14(20)17(27-18)25-11-4-2-10(8-22)3-5-11/h2-7H,1H3,(H3,23,25,26,27). The van der Waals surface area contributed by atoms with Crippen molar-refractivity contribution in [3.05, 3.63) is 56.9 Å². The zero-order chi connectivity index (χ0) is 19.8. The van der Waals surface area contributed by atoms with Gasteiger partial charge in [0.15, 0.2) is 15.4 Å². The van der Waals surface area contributed by atoms with Crippen molar-refractivity contribution in [2.45, 2.75) is 6.92 Å². The van der Waals surface area contributed by atoms with Crippen molar-refractivity contribution in [3.8, 4) is 12.0 Å². The Hall–Kier alpha value is -3.20. The van der Waals surface area contributed by atoms with E-state index >= 15 is 0 Å². The van der Waals surface area contributed by atoms with E-state index in [1.165, 1.54) is 6.08 Å². The first-order chi connectivity index (χ1) is 13.5. The second-order valence-electron chi connectivity index (χ2n) is 5.77. The summed E-state index contributed by atoms with van der Waals surface area (Å²) in [5.74, 6) is -0.587. The number of halogens is 3. The van der Waals surface area contributed by atoms with Crippen molar-refractivity contribution >= 4 is 47.9 Å². The average Bonchev–Trinajstić information content (AvgIpc) is 3.01. The summed E-state index contributed by atoms with van der Waals surface area (Å²) in [5.41, 5.74) is 7.41. The molecular formula is C18H12F2IN7. The zero-order valence-corrected chi connectivity index (χ0v) is 16.6. The third kappa shape index (κ3) is 3.24. The fourth-order valence-corrected chi connectivity index (χ4v) is 4.85. The maximum atomic E-state index is 14.5. The van der Waals surface area contributed by atoms with Crippen LogP contribution in [0.1, 0.15) is 17.1 Å². The van der Waals surface area contributed by atoms with Gasteiger partial charge in [0.05, 0.1) is 17.3 Å². The Bertz CT molecular complexity index is 1190. The Kier molecular flexibility index (Phi) is 4.60. The van der Waals surface area contributed by atoms with Gasteiger partial charge in [0.2, 0.25) is 11.8 Å². The molecule has 0 bridgehead atoms. The minimum Gasteiger partial charge on any atom is -0.381 e. The fraction of sp³-hybridized carbons (Fsp3) is 0.0556. The highest BCUT2D eigenvalue weighted by Gasteiger charge is 2.21. The fourth-order valence-electron chi connectivity index (χ4n) is 2.62. The summed E-state index contributed by atoms with van der Waals surface area (Å²) in [6.07, 6.45) is 3.00. The number of aromatic nitrogens is 4. The normalized spacial score (nSPS) is 12.6. The van der Waals surface area contributed by atoms with Crippen LogP contribution in [-0.4, -0.2) is 23.3 Å². The summed E-state index contributed by atoms with van der Waals surface area (Å²) in [7, 11) is 0. The number of nitrogen functional groups attached to an aromatic ring is 1. The lowest BCUT2D eigenvalue weighted by Gasteiger charge is -2.12. The molecule has 3 heterocycles. The van der Waals surface area contributed by atoms with Crippen LogP contribution in [0.5, 0.6) is 0 Å². The van der Waals surface area contributed by atoms with Gasteiger partial charge in [0.25, 0.3) is 0 Å². The van der Waals surface area contributed by atoms with Gasteiger partial charge in [0, 0.05) is 5.69 Å². The lowest BCUT2D eigenvalue weighted by Crippen LogP contribution is -2.12. The van der Waals surface area contributed by atoms with Crippen LogP contribution < -0.4 is 11.1 Å². The number of hydrogen-bond acceptors (Lipinski definition) is 6. The second kappa shape index (κ2) is 7.08. The lowest BCUT2D eigenvalue weighted by atomic mass is 10.2. The van der Waals surface area contributed by atoms with E-state index in [1.54, 1.807) is 41.8 Å². The Labute approximate surface area is 168 Å². The minimum absolute atomic E-state index is 0.115. The number of nitrogens with zero attached hydrogens (tertiary/aromatic N) is 5. The molecule has 7 nitrogen and oxygen atoms in total. The largest absolute Gasteiger partial charge is 0.381 e. The highest BCUT2D eigenvalue weighted by atomic mass is 127. The Morgan fingerprint density at radius 3 is 2.61 bits per heavy atom. The number of nitriles is 1. The number of aryl methyl sites for hydroxylation is 1. The topological polar surface area (TPSA) is 105 Å². The van der Waals surface area contributed by atoms with Crippen molar-refractivity contribution in [2.24, 2.45) is 0 Å².